The summed E-state index contributed by atoms with van der Waals surface area (Å²) in [5, 5.41) is 0.536. The van der Waals surface area contributed by atoms with Crippen molar-refractivity contribution in [1.29, 1.82) is 0 Å². The monoisotopic (exact) mass is 448 g/mol. The molecule has 2 aromatic carbocycles. The number of hydrogen-bond acceptors (Lipinski definition) is 5. The highest BCUT2D eigenvalue weighted by atomic mass is 16.5. The van der Waals surface area contributed by atoms with Crippen molar-refractivity contribution >= 4 is 16.8 Å². The van der Waals surface area contributed by atoms with Crippen molar-refractivity contribution < 1.29 is 9.53 Å². The molecule has 7 heteroatoms. The zero-order valence-electron chi connectivity index (χ0n) is 19.4. The van der Waals surface area contributed by atoms with E-state index in [0.29, 0.717) is 23.4 Å². The van der Waals surface area contributed by atoms with Crippen molar-refractivity contribution in [1.82, 2.24) is 19.4 Å². The number of rotatable bonds is 8. The molecule has 7 nitrogen and oxygen atoms in total. The van der Waals surface area contributed by atoms with Crippen LogP contribution >= 0.6 is 0 Å². The van der Waals surface area contributed by atoms with Crippen molar-refractivity contribution in [3.63, 3.8) is 0 Å². The molecular formula is C26H32N4O3. The highest BCUT2D eigenvalue weighted by Gasteiger charge is 2.23. The van der Waals surface area contributed by atoms with Gasteiger partial charge < -0.3 is 14.5 Å². The van der Waals surface area contributed by atoms with Gasteiger partial charge in [-0.05, 0) is 55.5 Å². The van der Waals surface area contributed by atoms with E-state index in [1.54, 1.807) is 24.1 Å². The number of nitrogens with zero attached hydrogens (tertiary/aromatic N) is 4. The van der Waals surface area contributed by atoms with Crippen LogP contribution in [0.2, 0.25) is 0 Å². The minimum absolute atomic E-state index is 0.0113. The van der Waals surface area contributed by atoms with Crippen molar-refractivity contribution in [3.05, 3.63) is 70.8 Å². The smallest absolute Gasteiger partial charge is 0.261 e. The number of para-hydroxylation sites is 2. The predicted octanol–water partition coefficient (Wildman–Crippen LogP) is 2.82. The molecule has 0 N–H and O–H groups in total. The number of carbonyl (C=O) groups is 1. The van der Waals surface area contributed by atoms with Gasteiger partial charge in [-0.25, -0.2) is 4.98 Å². The zero-order valence-corrected chi connectivity index (χ0v) is 19.4. The third-order valence-electron chi connectivity index (χ3n) is 6.49. The van der Waals surface area contributed by atoms with Crippen LogP contribution in [0.3, 0.4) is 0 Å². The lowest BCUT2D eigenvalue weighted by Gasteiger charge is -2.35. The van der Waals surface area contributed by atoms with Gasteiger partial charge in [-0.3, -0.25) is 14.2 Å². The van der Waals surface area contributed by atoms with E-state index in [-0.39, 0.29) is 18.0 Å². The number of ether oxygens (including phenoxy) is 1. The summed E-state index contributed by atoms with van der Waals surface area (Å²) in [5.74, 6) is 1.30. The second-order valence-electron chi connectivity index (χ2n) is 8.84. The number of hydrogen-bond donors (Lipinski definition) is 0. The number of piperidine rings is 1. The van der Waals surface area contributed by atoms with Crippen molar-refractivity contribution in [2.45, 2.75) is 25.8 Å². The van der Waals surface area contributed by atoms with Crippen LogP contribution in [0.4, 0.5) is 0 Å². The Labute approximate surface area is 194 Å². The van der Waals surface area contributed by atoms with Crippen LogP contribution in [0.25, 0.3) is 10.9 Å². The number of methoxy groups -OCH3 is 1. The van der Waals surface area contributed by atoms with Crippen LogP contribution in [-0.4, -0.2) is 65.6 Å². The number of likely N-dealkylation sites (N-methyl/N-ethyl adjacent to an activating group) is 1. The Hall–Kier alpha value is -3.19. The standard InChI is InChI=1S/C26H32N4O3/c1-28(25(31)18-30-19-27-23-11-5-4-10-22(23)26(30)32)16-20-8-7-14-29(17-20)15-13-21-9-3-6-12-24(21)33-2/h3-6,9-12,19-20H,7-8,13-18H2,1-2H3. The Morgan fingerprint density at radius 2 is 1.97 bits per heavy atom. The van der Waals surface area contributed by atoms with Gasteiger partial charge in [0.1, 0.15) is 12.3 Å². The van der Waals surface area contributed by atoms with Crippen LogP contribution in [0.1, 0.15) is 18.4 Å². The molecule has 2 heterocycles. The maximum absolute atomic E-state index is 12.8. The minimum Gasteiger partial charge on any atom is -0.496 e. The molecule has 0 radical (unpaired) electrons. The lowest BCUT2D eigenvalue weighted by Crippen LogP contribution is -2.43. The Morgan fingerprint density at radius 1 is 1.18 bits per heavy atom. The summed E-state index contributed by atoms with van der Waals surface area (Å²) in [6.45, 7) is 3.75. The van der Waals surface area contributed by atoms with Crippen LogP contribution < -0.4 is 10.3 Å². The molecule has 0 aliphatic carbocycles. The molecule has 33 heavy (non-hydrogen) atoms. The highest BCUT2D eigenvalue weighted by Crippen LogP contribution is 2.21. The van der Waals surface area contributed by atoms with E-state index in [0.717, 1.165) is 44.6 Å². The number of benzene rings is 2. The summed E-state index contributed by atoms with van der Waals surface area (Å²) in [6.07, 6.45) is 4.66. The molecular weight excluding hydrogens is 416 g/mol. The van der Waals surface area contributed by atoms with Gasteiger partial charge in [-0.15, -0.1) is 0 Å². The Kier molecular flexibility index (Phi) is 7.40. The summed E-state index contributed by atoms with van der Waals surface area (Å²) < 4.78 is 6.88. The van der Waals surface area contributed by atoms with Gasteiger partial charge >= 0.3 is 0 Å². The van der Waals surface area contributed by atoms with E-state index in [1.165, 1.54) is 16.5 Å². The summed E-state index contributed by atoms with van der Waals surface area (Å²) in [7, 11) is 3.54. The van der Waals surface area contributed by atoms with Gasteiger partial charge in [0.15, 0.2) is 0 Å². The number of aromatic nitrogens is 2. The van der Waals surface area contributed by atoms with Gasteiger partial charge in [0.25, 0.3) is 5.56 Å². The number of amides is 1. The van der Waals surface area contributed by atoms with Crippen LogP contribution in [0, 0.1) is 5.92 Å². The van der Waals surface area contributed by atoms with Crippen LogP contribution in [-0.2, 0) is 17.8 Å². The topological polar surface area (TPSA) is 67.7 Å². The fraction of sp³-hybridized carbons (Fsp3) is 0.423. The Balaban J connectivity index is 1.31. The predicted molar refractivity (Wildman–Crippen MR) is 130 cm³/mol. The average molecular weight is 449 g/mol. The average Bonchev–Trinajstić information content (AvgIpc) is 2.85. The fourth-order valence-electron chi connectivity index (χ4n) is 4.67. The van der Waals surface area contributed by atoms with E-state index < -0.39 is 0 Å². The summed E-state index contributed by atoms with van der Waals surface area (Å²) >= 11 is 0. The molecule has 4 rings (SSSR count). The SMILES string of the molecule is COc1ccccc1CCN1CCCC(CN(C)C(=O)Cn2cnc3ccccc3c2=O)C1. The van der Waals surface area contributed by atoms with Crippen LogP contribution in [0.15, 0.2) is 59.7 Å². The van der Waals surface area contributed by atoms with Gasteiger partial charge in [0.05, 0.1) is 24.3 Å². The Bertz CT molecular complexity index is 1160. The largest absolute Gasteiger partial charge is 0.496 e. The highest BCUT2D eigenvalue weighted by molar-refractivity contribution is 5.78. The van der Waals surface area contributed by atoms with Gasteiger partial charge in [-0.1, -0.05) is 30.3 Å². The zero-order chi connectivity index (χ0) is 23.2. The maximum Gasteiger partial charge on any atom is 0.261 e. The van der Waals surface area contributed by atoms with Crippen molar-refractivity contribution in [2.24, 2.45) is 5.92 Å². The van der Waals surface area contributed by atoms with E-state index in [1.807, 2.05) is 37.4 Å². The summed E-state index contributed by atoms with van der Waals surface area (Å²) in [5.41, 5.74) is 1.70. The van der Waals surface area contributed by atoms with Gasteiger partial charge in [0.2, 0.25) is 5.91 Å². The normalized spacial score (nSPS) is 16.6. The minimum atomic E-state index is -0.178. The molecule has 1 aliphatic rings. The second-order valence-corrected chi connectivity index (χ2v) is 8.84. The lowest BCUT2D eigenvalue weighted by atomic mass is 9.97. The first-order valence-corrected chi connectivity index (χ1v) is 11.6. The fourth-order valence-corrected chi connectivity index (χ4v) is 4.67. The molecule has 0 saturated carbocycles. The maximum atomic E-state index is 12.8. The van der Waals surface area contributed by atoms with Crippen molar-refractivity contribution in [3.8, 4) is 5.75 Å². The molecule has 1 aliphatic heterocycles. The van der Waals surface area contributed by atoms with Crippen molar-refractivity contribution in [2.75, 3.05) is 40.3 Å². The molecule has 1 saturated heterocycles. The first kappa shape index (κ1) is 23.0. The molecule has 0 spiro atoms. The number of likely N-dealkylation sites (tertiary alicyclic amines) is 1. The second kappa shape index (κ2) is 10.6. The van der Waals surface area contributed by atoms with E-state index in [2.05, 4.69) is 16.0 Å². The quantitative estimate of drug-likeness (QED) is 0.530. The number of carbonyl (C=O) groups excluding carboxylic acids is 1. The molecule has 1 fully saturated rings. The first-order valence-electron chi connectivity index (χ1n) is 11.6. The van der Waals surface area contributed by atoms with Crippen LogP contribution in [0.5, 0.6) is 5.75 Å². The van der Waals surface area contributed by atoms with E-state index in [9.17, 15) is 9.59 Å². The molecule has 3 aromatic rings. The molecule has 1 atom stereocenters. The molecule has 174 valence electrons. The third kappa shape index (κ3) is 5.60. The molecule has 1 amide bonds. The number of fused-ring (bicyclic) bond motifs is 1. The van der Waals surface area contributed by atoms with Gasteiger partial charge in [-0.2, -0.15) is 0 Å². The lowest BCUT2D eigenvalue weighted by molar-refractivity contribution is -0.131. The van der Waals surface area contributed by atoms with E-state index >= 15 is 0 Å². The van der Waals surface area contributed by atoms with E-state index in [4.69, 9.17) is 4.74 Å². The summed E-state index contributed by atoms with van der Waals surface area (Å²) in [4.78, 5) is 34.1. The van der Waals surface area contributed by atoms with Gasteiger partial charge in [0, 0.05) is 26.7 Å². The third-order valence-corrected chi connectivity index (χ3v) is 6.49. The molecule has 1 unspecified atom stereocenters. The molecule has 0 bridgehead atoms. The Morgan fingerprint density at radius 3 is 2.82 bits per heavy atom. The first-order chi connectivity index (χ1) is 16.0. The molecule has 1 aromatic heterocycles. The summed E-state index contributed by atoms with van der Waals surface area (Å²) in [6, 6.07) is 15.4.